The minimum atomic E-state index is -0.506. The lowest BCUT2D eigenvalue weighted by Gasteiger charge is -2.38. The lowest BCUT2D eigenvalue weighted by molar-refractivity contribution is -0.136. The summed E-state index contributed by atoms with van der Waals surface area (Å²) in [4.78, 5) is 39.1. The number of para-hydroxylation sites is 1. The minimum Gasteiger partial charge on any atom is -0.496 e. The van der Waals surface area contributed by atoms with Gasteiger partial charge in [0.25, 0.3) is 0 Å². The number of rotatable bonds is 4. The molecule has 0 aromatic heterocycles. The van der Waals surface area contributed by atoms with Crippen LogP contribution in [0, 0.1) is 0 Å². The summed E-state index contributed by atoms with van der Waals surface area (Å²) < 4.78 is 5.43. The Balaban J connectivity index is 0.00000243. The Morgan fingerprint density at radius 1 is 1.27 bits per heavy atom. The number of carbonyl (C=O) groups is 3. The van der Waals surface area contributed by atoms with E-state index in [1.165, 1.54) is 4.90 Å². The normalized spacial score (nSPS) is 20.3. The lowest BCUT2D eigenvalue weighted by Crippen LogP contribution is -2.55. The maximum absolute atomic E-state index is 12.8. The van der Waals surface area contributed by atoms with Crippen LogP contribution in [0.3, 0.4) is 0 Å². The van der Waals surface area contributed by atoms with Gasteiger partial charge in [0.2, 0.25) is 11.8 Å². The van der Waals surface area contributed by atoms with Crippen molar-refractivity contribution in [1.82, 2.24) is 20.4 Å². The van der Waals surface area contributed by atoms with Crippen molar-refractivity contribution in [3.05, 3.63) is 29.8 Å². The Labute approximate surface area is 158 Å². The van der Waals surface area contributed by atoms with E-state index in [0.29, 0.717) is 19.6 Å². The largest absolute Gasteiger partial charge is 0.496 e. The van der Waals surface area contributed by atoms with Crippen LogP contribution in [0.2, 0.25) is 0 Å². The number of nitrogens with one attached hydrogen (secondary N) is 2. The third-order valence-electron chi connectivity index (χ3n) is 4.53. The number of methoxy groups -OCH3 is 1. The van der Waals surface area contributed by atoms with Crippen LogP contribution in [0.15, 0.2) is 24.3 Å². The van der Waals surface area contributed by atoms with Crippen molar-refractivity contribution in [2.45, 2.75) is 12.5 Å². The SMILES string of the molecule is COc1ccccc1C1CNCCN1C(=O)CN1CCC(=O)NC1=O.Cl. The number of ether oxygens (including phenoxy) is 1. The molecule has 0 aliphatic carbocycles. The topological polar surface area (TPSA) is 91.0 Å². The average Bonchev–Trinajstić information content (AvgIpc) is 2.64. The molecule has 2 N–H and O–H groups in total. The summed E-state index contributed by atoms with van der Waals surface area (Å²) in [6, 6.07) is 6.96. The van der Waals surface area contributed by atoms with Gasteiger partial charge in [0.15, 0.2) is 0 Å². The van der Waals surface area contributed by atoms with Gasteiger partial charge in [-0.1, -0.05) is 18.2 Å². The fourth-order valence-corrected chi connectivity index (χ4v) is 3.23. The molecule has 4 amide bonds. The molecule has 142 valence electrons. The molecule has 2 saturated heterocycles. The second kappa shape index (κ2) is 8.86. The first kappa shape index (κ1) is 20.0. The summed E-state index contributed by atoms with van der Waals surface area (Å²) in [5.41, 5.74) is 0.934. The van der Waals surface area contributed by atoms with Gasteiger partial charge in [-0.25, -0.2) is 4.79 Å². The third-order valence-corrected chi connectivity index (χ3v) is 4.53. The van der Waals surface area contributed by atoms with E-state index >= 15 is 0 Å². The molecule has 2 aliphatic heterocycles. The van der Waals surface area contributed by atoms with Crippen molar-refractivity contribution in [2.24, 2.45) is 0 Å². The highest BCUT2D eigenvalue weighted by molar-refractivity contribution is 5.98. The molecule has 8 nitrogen and oxygen atoms in total. The quantitative estimate of drug-likeness (QED) is 0.792. The van der Waals surface area contributed by atoms with Crippen molar-refractivity contribution in [3.63, 3.8) is 0 Å². The van der Waals surface area contributed by atoms with Crippen LogP contribution in [0.4, 0.5) is 4.79 Å². The van der Waals surface area contributed by atoms with Gasteiger partial charge in [0, 0.05) is 38.2 Å². The highest BCUT2D eigenvalue weighted by Crippen LogP contribution is 2.30. The average molecular weight is 383 g/mol. The number of benzene rings is 1. The number of piperazine rings is 1. The molecule has 3 rings (SSSR count). The van der Waals surface area contributed by atoms with Gasteiger partial charge in [0.1, 0.15) is 12.3 Å². The fraction of sp³-hybridized carbons (Fsp3) is 0.471. The van der Waals surface area contributed by atoms with E-state index in [9.17, 15) is 14.4 Å². The molecule has 1 aromatic rings. The number of halogens is 1. The van der Waals surface area contributed by atoms with Crippen LogP contribution >= 0.6 is 12.4 Å². The molecular formula is C17H23ClN4O4. The van der Waals surface area contributed by atoms with E-state index in [1.807, 2.05) is 24.3 Å². The van der Waals surface area contributed by atoms with E-state index in [2.05, 4.69) is 10.6 Å². The van der Waals surface area contributed by atoms with Crippen molar-refractivity contribution < 1.29 is 19.1 Å². The Morgan fingerprint density at radius 3 is 2.77 bits per heavy atom. The minimum absolute atomic E-state index is 0. The summed E-state index contributed by atoms with van der Waals surface area (Å²) in [6.07, 6.45) is 0.219. The van der Waals surface area contributed by atoms with E-state index in [1.54, 1.807) is 12.0 Å². The molecule has 0 spiro atoms. The summed E-state index contributed by atoms with van der Waals surface area (Å²) in [5.74, 6) is 0.292. The highest BCUT2D eigenvalue weighted by atomic mass is 35.5. The molecule has 2 heterocycles. The van der Waals surface area contributed by atoms with Crippen molar-refractivity contribution >= 4 is 30.3 Å². The molecule has 0 saturated carbocycles. The maximum Gasteiger partial charge on any atom is 0.324 e. The van der Waals surface area contributed by atoms with Crippen LogP contribution in [0.5, 0.6) is 5.75 Å². The summed E-state index contributed by atoms with van der Waals surface area (Å²) in [5, 5.41) is 5.54. The molecule has 2 fully saturated rings. The summed E-state index contributed by atoms with van der Waals surface area (Å²) in [7, 11) is 1.61. The Morgan fingerprint density at radius 2 is 2.04 bits per heavy atom. The Hall–Kier alpha value is -2.32. The highest BCUT2D eigenvalue weighted by Gasteiger charge is 2.32. The molecule has 0 radical (unpaired) electrons. The monoisotopic (exact) mass is 382 g/mol. The number of carbonyl (C=O) groups excluding carboxylic acids is 3. The number of hydrogen-bond acceptors (Lipinski definition) is 5. The lowest BCUT2D eigenvalue weighted by atomic mass is 10.0. The van der Waals surface area contributed by atoms with Crippen molar-refractivity contribution in [1.29, 1.82) is 0 Å². The molecular weight excluding hydrogens is 360 g/mol. The van der Waals surface area contributed by atoms with Gasteiger partial charge in [0.05, 0.1) is 13.2 Å². The van der Waals surface area contributed by atoms with E-state index in [4.69, 9.17) is 4.74 Å². The van der Waals surface area contributed by atoms with Gasteiger partial charge in [-0.05, 0) is 6.07 Å². The van der Waals surface area contributed by atoms with Gasteiger partial charge in [-0.2, -0.15) is 0 Å². The fourth-order valence-electron chi connectivity index (χ4n) is 3.23. The molecule has 1 atom stereocenters. The number of imide groups is 1. The first-order valence-corrected chi connectivity index (χ1v) is 8.32. The van der Waals surface area contributed by atoms with Crippen LogP contribution in [0.25, 0.3) is 0 Å². The van der Waals surface area contributed by atoms with Gasteiger partial charge >= 0.3 is 6.03 Å². The smallest absolute Gasteiger partial charge is 0.324 e. The molecule has 0 bridgehead atoms. The molecule has 9 heteroatoms. The maximum atomic E-state index is 12.8. The zero-order chi connectivity index (χ0) is 17.8. The van der Waals surface area contributed by atoms with Crippen molar-refractivity contribution in [3.8, 4) is 5.75 Å². The predicted octanol–water partition coefficient (Wildman–Crippen LogP) is 0.532. The molecule has 1 unspecified atom stereocenters. The van der Waals surface area contributed by atoms with Crippen molar-refractivity contribution in [2.75, 3.05) is 39.8 Å². The number of hydrogen-bond donors (Lipinski definition) is 2. The third kappa shape index (κ3) is 4.25. The first-order chi connectivity index (χ1) is 12.1. The van der Waals surface area contributed by atoms with Crippen LogP contribution in [-0.4, -0.2) is 67.5 Å². The van der Waals surface area contributed by atoms with E-state index in [-0.39, 0.29) is 49.8 Å². The van der Waals surface area contributed by atoms with Gasteiger partial charge in [-0.3, -0.25) is 14.9 Å². The second-order valence-electron chi connectivity index (χ2n) is 6.07. The molecule has 26 heavy (non-hydrogen) atoms. The molecule has 2 aliphatic rings. The first-order valence-electron chi connectivity index (χ1n) is 8.32. The number of urea groups is 1. The Kier molecular flexibility index (Phi) is 6.82. The zero-order valence-corrected chi connectivity index (χ0v) is 15.4. The Bertz CT molecular complexity index is 684. The number of amides is 4. The van der Waals surface area contributed by atoms with E-state index < -0.39 is 6.03 Å². The molecule has 1 aromatic carbocycles. The summed E-state index contributed by atoms with van der Waals surface area (Å²) in [6.45, 7) is 2.10. The number of nitrogens with zero attached hydrogens (tertiary/aromatic N) is 2. The second-order valence-corrected chi connectivity index (χ2v) is 6.07. The predicted molar refractivity (Wildman–Crippen MR) is 97.3 cm³/mol. The van der Waals surface area contributed by atoms with Crippen LogP contribution in [0.1, 0.15) is 18.0 Å². The van der Waals surface area contributed by atoms with E-state index in [0.717, 1.165) is 11.3 Å². The zero-order valence-electron chi connectivity index (χ0n) is 14.6. The van der Waals surface area contributed by atoms with Crippen LogP contribution < -0.4 is 15.4 Å². The van der Waals surface area contributed by atoms with Gasteiger partial charge < -0.3 is 19.9 Å². The van der Waals surface area contributed by atoms with Gasteiger partial charge in [-0.15, -0.1) is 12.4 Å². The van der Waals surface area contributed by atoms with Crippen LogP contribution in [-0.2, 0) is 9.59 Å². The standard InChI is InChI=1S/C17H22N4O4.ClH/c1-25-14-5-3-2-4-12(14)13-10-18-7-9-21(13)16(23)11-20-8-6-15(22)19-17(20)24;/h2-5,13,18H,6-11H2,1H3,(H,19,22,24);1H. The summed E-state index contributed by atoms with van der Waals surface area (Å²) >= 11 is 0.